The van der Waals surface area contributed by atoms with Crippen LogP contribution < -0.4 is 15.4 Å². The zero-order chi connectivity index (χ0) is 22.9. The lowest BCUT2D eigenvalue weighted by atomic mass is 9.89. The molecule has 0 bridgehead atoms. The van der Waals surface area contributed by atoms with E-state index in [9.17, 15) is 23.2 Å². The molecule has 1 atom stereocenters. The molecule has 4 amide bonds. The fourth-order valence-electron chi connectivity index (χ4n) is 3.82. The highest BCUT2D eigenvalue weighted by Gasteiger charge is 2.50. The Morgan fingerprint density at radius 1 is 1.12 bits per heavy atom. The Bertz CT molecular complexity index is 1170. The first kappa shape index (κ1) is 21.3. The number of amides is 4. The molecule has 0 radical (unpaired) electrons. The van der Waals surface area contributed by atoms with Gasteiger partial charge in [-0.1, -0.05) is 25.0 Å². The molecule has 7 nitrogen and oxygen atoms in total. The van der Waals surface area contributed by atoms with Gasteiger partial charge in [-0.3, -0.25) is 14.9 Å². The van der Waals surface area contributed by atoms with E-state index >= 15 is 0 Å². The number of rotatable bonds is 5. The second-order valence-electron chi connectivity index (χ2n) is 7.42. The Kier molecular flexibility index (Phi) is 5.53. The lowest BCUT2D eigenvalue weighted by Crippen LogP contribution is -2.52. The molecule has 0 saturated carbocycles. The van der Waals surface area contributed by atoms with E-state index in [2.05, 4.69) is 22.5 Å². The summed E-state index contributed by atoms with van der Waals surface area (Å²) in [5.41, 5.74) is -0.617. The monoisotopic (exact) mass is 439 g/mol. The predicted molar refractivity (Wildman–Crippen MR) is 109 cm³/mol. The summed E-state index contributed by atoms with van der Waals surface area (Å²) in [6.07, 6.45) is 0.652. The molecule has 0 aliphatic carbocycles. The highest BCUT2D eigenvalue weighted by Crippen LogP contribution is 2.33. The van der Waals surface area contributed by atoms with Crippen molar-refractivity contribution in [3.8, 4) is 17.6 Å². The van der Waals surface area contributed by atoms with E-state index in [1.54, 1.807) is 0 Å². The van der Waals surface area contributed by atoms with Gasteiger partial charge in [0.15, 0.2) is 17.1 Å². The Morgan fingerprint density at radius 3 is 2.53 bits per heavy atom. The highest BCUT2D eigenvalue weighted by molar-refractivity contribution is 6.08. The number of halogens is 2. The number of urea groups is 1. The molecule has 1 saturated heterocycles. The largest absolute Gasteiger partial charge is 0.478 e. The number of benzene rings is 2. The van der Waals surface area contributed by atoms with Gasteiger partial charge in [-0.2, -0.15) is 0 Å². The van der Waals surface area contributed by atoms with Crippen molar-refractivity contribution in [2.24, 2.45) is 0 Å². The minimum atomic E-state index is -1.60. The van der Waals surface area contributed by atoms with Gasteiger partial charge in [0.05, 0.1) is 6.54 Å². The number of fused-ring (bicyclic) bond motifs is 1. The van der Waals surface area contributed by atoms with Crippen LogP contribution in [-0.4, -0.2) is 35.9 Å². The second-order valence-corrected chi connectivity index (χ2v) is 7.42. The van der Waals surface area contributed by atoms with Crippen molar-refractivity contribution in [2.75, 3.05) is 13.2 Å². The molecule has 2 aliphatic heterocycles. The number of carbonyl (C=O) groups excluding carboxylic acids is 3. The van der Waals surface area contributed by atoms with Crippen LogP contribution in [0.3, 0.4) is 0 Å². The Labute approximate surface area is 182 Å². The maximum absolute atomic E-state index is 14.5. The van der Waals surface area contributed by atoms with Gasteiger partial charge in [0.1, 0.15) is 12.4 Å². The van der Waals surface area contributed by atoms with Gasteiger partial charge < -0.3 is 15.0 Å². The van der Waals surface area contributed by atoms with E-state index in [0.29, 0.717) is 17.5 Å². The Balaban J connectivity index is 1.61. The molecule has 1 unspecified atom stereocenters. The summed E-state index contributed by atoms with van der Waals surface area (Å²) in [6, 6.07) is 6.88. The average Bonchev–Trinajstić information content (AvgIpc) is 3.21. The molecular weight excluding hydrogens is 420 g/mol. The Hall–Kier alpha value is -3.93. The normalized spacial score (nSPS) is 19.2. The van der Waals surface area contributed by atoms with Crippen LogP contribution in [0.25, 0.3) is 0 Å². The molecule has 1 fully saturated rings. The summed E-state index contributed by atoms with van der Waals surface area (Å²) < 4.78 is 33.2. The first-order valence-corrected chi connectivity index (χ1v) is 9.94. The molecule has 2 heterocycles. The third kappa shape index (κ3) is 3.75. The summed E-state index contributed by atoms with van der Waals surface area (Å²) in [5.74, 6) is 3.18. The van der Waals surface area contributed by atoms with Crippen LogP contribution in [0, 0.1) is 23.5 Å². The lowest BCUT2D eigenvalue weighted by Gasteiger charge is -2.31. The van der Waals surface area contributed by atoms with E-state index < -0.39 is 35.0 Å². The summed E-state index contributed by atoms with van der Waals surface area (Å²) in [5, 5.41) is 4.73. The van der Waals surface area contributed by atoms with E-state index in [-0.39, 0.29) is 31.0 Å². The van der Waals surface area contributed by atoms with Gasteiger partial charge >= 0.3 is 6.03 Å². The number of carbonyl (C=O) groups is 3. The van der Waals surface area contributed by atoms with E-state index in [1.807, 2.05) is 6.92 Å². The van der Waals surface area contributed by atoms with Gasteiger partial charge in [-0.25, -0.2) is 13.6 Å². The molecule has 2 aromatic rings. The van der Waals surface area contributed by atoms with Gasteiger partial charge in [0.25, 0.3) is 11.8 Å². The van der Waals surface area contributed by atoms with E-state index in [1.165, 1.54) is 23.1 Å². The van der Waals surface area contributed by atoms with Crippen molar-refractivity contribution >= 4 is 17.8 Å². The summed E-state index contributed by atoms with van der Waals surface area (Å²) in [7, 11) is 0. The van der Waals surface area contributed by atoms with Crippen molar-refractivity contribution < 1.29 is 27.9 Å². The van der Waals surface area contributed by atoms with Crippen LogP contribution in [0.4, 0.5) is 13.6 Å². The summed E-state index contributed by atoms with van der Waals surface area (Å²) in [4.78, 5) is 38.9. The molecular formula is C23H19F2N3O4. The number of hydrogen-bond acceptors (Lipinski definition) is 4. The SMILES string of the molecule is CCC#CCOc1cc2c(cc1F)C(=O)N(CC1(c3ccc(F)cc3)NC(=O)NC1=O)C2. The number of hydrogen-bond donors (Lipinski definition) is 2. The minimum Gasteiger partial charge on any atom is -0.478 e. The molecule has 2 aliphatic rings. The minimum absolute atomic E-state index is 0.0150. The second kappa shape index (κ2) is 8.30. The third-order valence-electron chi connectivity index (χ3n) is 5.34. The van der Waals surface area contributed by atoms with Crippen LogP contribution in [0.5, 0.6) is 5.75 Å². The van der Waals surface area contributed by atoms with Crippen molar-refractivity contribution in [3.05, 3.63) is 64.7 Å². The summed E-state index contributed by atoms with van der Waals surface area (Å²) >= 11 is 0. The molecule has 164 valence electrons. The maximum atomic E-state index is 14.5. The standard InChI is InChI=1S/C23H19F2N3O4/c1-2-3-4-9-32-19-10-14-12-28(20(29)17(14)11-18(19)25)13-23(21(30)26-22(31)27-23)15-5-7-16(24)8-6-15/h5-8,10-11H,2,9,12-13H2,1H3,(H2,26,27,30,31). The zero-order valence-electron chi connectivity index (χ0n) is 17.1. The van der Waals surface area contributed by atoms with E-state index in [0.717, 1.165) is 18.2 Å². The van der Waals surface area contributed by atoms with Gasteiger partial charge in [0, 0.05) is 18.5 Å². The maximum Gasteiger partial charge on any atom is 0.322 e. The van der Waals surface area contributed by atoms with Crippen LogP contribution in [0.1, 0.15) is 34.8 Å². The summed E-state index contributed by atoms with van der Waals surface area (Å²) in [6.45, 7) is 1.76. The molecule has 32 heavy (non-hydrogen) atoms. The number of ether oxygens (including phenoxy) is 1. The highest BCUT2D eigenvalue weighted by atomic mass is 19.1. The van der Waals surface area contributed by atoms with Gasteiger partial charge in [-0.05, 0) is 35.4 Å². The molecule has 2 aromatic carbocycles. The smallest absolute Gasteiger partial charge is 0.322 e. The predicted octanol–water partition coefficient (Wildman–Crippen LogP) is 2.45. The first-order chi connectivity index (χ1) is 15.3. The number of nitrogens with one attached hydrogen (secondary N) is 2. The fraction of sp³-hybridized carbons (Fsp3) is 0.261. The van der Waals surface area contributed by atoms with Crippen molar-refractivity contribution in [2.45, 2.75) is 25.4 Å². The zero-order valence-corrected chi connectivity index (χ0v) is 17.1. The number of nitrogens with zero attached hydrogens (tertiary/aromatic N) is 1. The number of imide groups is 1. The van der Waals surface area contributed by atoms with Gasteiger partial charge in [-0.15, -0.1) is 5.92 Å². The topological polar surface area (TPSA) is 87.7 Å². The Morgan fingerprint density at radius 2 is 1.88 bits per heavy atom. The van der Waals surface area contributed by atoms with Gasteiger partial charge in [0.2, 0.25) is 0 Å². The molecule has 0 spiro atoms. The average molecular weight is 439 g/mol. The van der Waals surface area contributed by atoms with Crippen molar-refractivity contribution in [3.63, 3.8) is 0 Å². The van der Waals surface area contributed by atoms with Crippen LogP contribution in [0.2, 0.25) is 0 Å². The molecule has 4 rings (SSSR count). The molecule has 0 aromatic heterocycles. The fourth-order valence-corrected chi connectivity index (χ4v) is 3.82. The van der Waals surface area contributed by atoms with Crippen LogP contribution in [-0.2, 0) is 16.9 Å². The first-order valence-electron chi connectivity index (χ1n) is 9.94. The molecule has 2 N–H and O–H groups in total. The van der Waals surface area contributed by atoms with E-state index in [4.69, 9.17) is 4.74 Å². The lowest BCUT2D eigenvalue weighted by molar-refractivity contribution is -0.124. The van der Waals surface area contributed by atoms with Crippen molar-refractivity contribution in [1.29, 1.82) is 0 Å². The van der Waals surface area contributed by atoms with Crippen molar-refractivity contribution in [1.82, 2.24) is 15.5 Å². The quantitative estimate of drug-likeness (QED) is 0.554. The third-order valence-corrected chi connectivity index (χ3v) is 5.34. The van der Waals surface area contributed by atoms with Crippen LogP contribution in [0.15, 0.2) is 36.4 Å². The molecule has 9 heteroatoms. The van der Waals surface area contributed by atoms with Crippen LogP contribution >= 0.6 is 0 Å².